The van der Waals surface area contributed by atoms with Crippen LogP contribution in [0.2, 0.25) is 10.0 Å². The molecule has 1 aromatic carbocycles. The van der Waals surface area contributed by atoms with Crippen molar-refractivity contribution >= 4 is 46.3 Å². The van der Waals surface area contributed by atoms with Gasteiger partial charge in [0.25, 0.3) is 0 Å². The van der Waals surface area contributed by atoms with Gasteiger partial charge in [0.2, 0.25) is 5.91 Å². The van der Waals surface area contributed by atoms with Crippen LogP contribution in [-0.4, -0.2) is 28.9 Å². The minimum Gasteiger partial charge on any atom is -0.393 e. The van der Waals surface area contributed by atoms with E-state index in [1.807, 2.05) is 4.90 Å². The summed E-state index contributed by atoms with van der Waals surface area (Å²) in [5.74, 6) is 0.319. The van der Waals surface area contributed by atoms with Gasteiger partial charge in [-0.3, -0.25) is 4.79 Å². The molecule has 0 spiro atoms. The number of benzene rings is 1. The Kier molecular flexibility index (Phi) is 5.24. The largest absolute Gasteiger partial charge is 0.393 e. The van der Waals surface area contributed by atoms with Crippen molar-refractivity contribution in [1.29, 1.82) is 0 Å². The van der Waals surface area contributed by atoms with E-state index < -0.39 is 0 Å². The molecule has 1 amide bonds. The van der Waals surface area contributed by atoms with E-state index in [1.54, 1.807) is 18.2 Å². The van der Waals surface area contributed by atoms with Crippen LogP contribution < -0.4 is 5.73 Å². The third-order valence-electron chi connectivity index (χ3n) is 3.60. The Balaban J connectivity index is 1.96. The number of rotatable bonds is 3. The van der Waals surface area contributed by atoms with Crippen molar-refractivity contribution in [2.45, 2.75) is 19.3 Å². The van der Waals surface area contributed by atoms with E-state index in [2.05, 4.69) is 0 Å². The molecule has 0 bridgehead atoms. The van der Waals surface area contributed by atoms with Gasteiger partial charge in [0.15, 0.2) is 0 Å². The first-order valence-corrected chi connectivity index (χ1v) is 7.65. The minimum atomic E-state index is 0.0653. The summed E-state index contributed by atoms with van der Waals surface area (Å²) in [5, 5.41) is 1.16. The molecule has 0 aliphatic carbocycles. The summed E-state index contributed by atoms with van der Waals surface area (Å²) in [7, 11) is 0. The second kappa shape index (κ2) is 6.74. The van der Waals surface area contributed by atoms with Gasteiger partial charge in [0.1, 0.15) is 0 Å². The maximum Gasteiger partial charge on any atom is 0.227 e. The van der Waals surface area contributed by atoms with Gasteiger partial charge in [0, 0.05) is 29.1 Å². The summed E-state index contributed by atoms with van der Waals surface area (Å²) in [5.41, 5.74) is 6.41. The summed E-state index contributed by atoms with van der Waals surface area (Å²) < 4.78 is 0. The molecule has 0 radical (unpaired) electrons. The lowest BCUT2D eigenvalue weighted by Gasteiger charge is -2.31. The molecule has 2 N–H and O–H groups in total. The van der Waals surface area contributed by atoms with Crippen LogP contribution in [0.1, 0.15) is 18.4 Å². The summed E-state index contributed by atoms with van der Waals surface area (Å²) >= 11 is 17.0. The van der Waals surface area contributed by atoms with Crippen LogP contribution in [0.15, 0.2) is 18.2 Å². The van der Waals surface area contributed by atoms with Gasteiger partial charge >= 0.3 is 0 Å². The lowest BCUT2D eigenvalue weighted by molar-refractivity contribution is -0.131. The summed E-state index contributed by atoms with van der Waals surface area (Å²) in [6.45, 7) is 1.39. The summed E-state index contributed by atoms with van der Waals surface area (Å²) in [4.78, 5) is 14.7. The van der Waals surface area contributed by atoms with Crippen molar-refractivity contribution in [1.82, 2.24) is 4.90 Å². The maximum absolute atomic E-state index is 12.3. The van der Waals surface area contributed by atoms with Gasteiger partial charge in [-0.1, -0.05) is 35.4 Å². The van der Waals surface area contributed by atoms with E-state index in [0.29, 0.717) is 28.1 Å². The van der Waals surface area contributed by atoms with Crippen molar-refractivity contribution in [3.8, 4) is 0 Å². The van der Waals surface area contributed by atoms with E-state index in [-0.39, 0.29) is 18.2 Å². The molecular formula is C14H16Cl2N2OS. The molecule has 1 aliphatic heterocycles. The molecule has 0 aromatic heterocycles. The van der Waals surface area contributed by atoms with Crippen LogP contribution in [0.25, 0.3) is 0 Å². The molecule has 0 unspecified atom stereocenters. The Bertz CT molecular complexity index is 528. The highest BCUT2D eigenvalue weighted by atomic mass is 35.5. The molecule has 1 aliphatic rings. The predicted molar refractivity (Wildman–Crippen MR) is 86.3 cm³/mol. The Hall–Kier alpha value is -0.840. The number of likely N-dealkylation sites (tertiary alicyclic amines) is 1. The minimum absolute atomic E-state index is 0.0653. The molecule has 3 nitrogen and oxygen atoms in total. The Morgan fingerprint density at radius 1 is 1.35 bits per heavy atom. The van der Waals surface area contributed by atoms with E-state index in [1.165, 1.54) is 0 Å². The highest BCUT2D eigenvalue weighted by Crippen LogP contribution is 2.23. The van der Waals surface area contributed by atoms with Gasteiger partial charge in [-0.25, -0.2) is 0 Å². The quantitative estimate of drug-likeness (QED) is 0.866. The fraction of sp³-hybridized carbons (Fsp3) is 0.429. The van der Waals surface area contributed by atoms with Gasteiger partial charge in [-0.2, -0.15) is 0 Å². The Morgan fingerprint density at radius 3 is 2.60 bits per heavy atom. The summed E-state index contributed by atoms with van der Waals surface area (Å²) in [6.07, 6.45) is 1.95. The van der Waals surface area contributed by atoms with Crippen LogP contribution in [-0.2, 0) is 11.2 Å². The number of thiocarbonyl (C=S) groups is 1. The standard InChI is InChI=1S/C14H16Cl2N2OS/c15-11-1-2-12(16)10(7-11)8-13(19)18-5-3-9(4-6-18)14(17)20/h1-2,7,9H,3-6,8H2,(H2,17,20). The summed E-state index contributed by atoms with van der Waals surface area (Å²) in [6, 6.07) is 5.17. The highest BCUT2D eigenvalue weighted by molar-refractivity contribution is 7.80. The fourth-order valence-electron chi connectivity index (χ4n) is 2.37. The zero-order valence-electron chi connectivity index (χ0n) is 10.9. The molecule has 20 heavy (non-hydrogen) atoms. The molecule has 2 rings (SSSR count). The van der Waals surface area contributed by atoms with E-state index in [0.717, 1.165) is 18.4 Å². The zero-order valence-corrected chi connectivity index (χ0v) is 13.3. The molecule has 1 heterocycles. The molecule has 1 fully saturated rings. The Labute approximate surface area is 134 Å². The van der Waals surface area contributed by atoms with Gasteiger partial charge < -0.3 is 10.6 Å². The van der Waals surface area contributed by atoms with E-state index in [4.69, 9.17) is 41.2 Å². The van der Waals surface area contributed by atoms with Crippen molar-refractivity contribution < 1.29 is 4.79 Å². The maximum atomic E-state index is 12.3. The van der Waals surface area contributed by atoms with Gasteiger partial charge in [-0.15, -0.1) is 0 Å². The third-order valence-corrected chi connectivity index (χ3v) is 4.54. The lowest BCUT2D eigenvalue weighted by Crippen LogP contribution is -2.42. The van der Waals surface area contributed by atoms with Crippen LogP contribution >= 0.6 is 35.4 Å². The topological polar surface area (TPSA) is 46.3 Å². The fourth-order valence-corrected chi connectivity index (χ4v) is 2.98. The zero-order chi connectivity index (χ0) is 14.7. The van der Waals surface area contributed by atoms with Crippen LogP contribution in [0.5, 0.6) is 0 Å². The number of hydrogen-bond donors (Lipinski definition) is 1. The van der Waals surface area contributed by atoms with Crippen molar-refractivity contribution in [3.63, 3.8) is 0 Å². The number of carbonyl (C=O) groups is 1. The van der Waals surface area contributed by atoms with E-state index >= 15 is 0 Å². The number of carbonyl (C=O) groups excluding carboxylic acids is 1. The van der Waals surface area contributed by atoms with Crippen molar-refractivity contribution in [3.05, 3.63) is 33.8 Å². The third kappa shape index (κ3) is 3.84. The number of nitrogens with zero attached hydrogens (tertiary/aromatic N) is 1. The smallest absolute Gasteiger partial charge is 0.227 e. The Morgan fingerprint density at radius 2 is 2.00 bits per heavy atom. The average Bonchev–Trinajstić information content (AvgIpc) is 2.43. The SMILES string of the molecule is NC(=S)C1CCN(C(=O)Cc2cc(Cl)ccc2Cl)CC1. The molecular weight excluding hydrogens is 315 g/mol. The van der Waals surface area contributed by atoms with Crippen LogP contribution in [0.3, 0.4) is 0 Å². The predicted octanol–water partition coefficient (Wildman–Crippen LogP) is 3.06. The molecule has 108 valence electrons. The number of amides is 1. The lowest BCUT2D eigenvalue weighted by atomic mass is 9.96. The number of nitrogens with two attached hydrogens (primary N) is 1. The average molecular weight is 331 g/mol. The first-order chi connectivity index (χ1) is 9.47. The van der Waals surface area contributed by atoms with Gasteiger partial charge in [0.05, 0.1) is 11.4 Å². The first-order valence-electron chi connectivity index (χ1n) is 6.48. The normalized spacial score (nSPS) is 16.2. The monoisotopic (exact) mass is 330 g/mol. The molecule has 0 saturated carbocycles. The molecule has 6 heteroatoms. The number of halogens is 2. The highest BCUT2D eigenvalue weighted by Gasteiger charge is 2.24. The van der Waals surface area contributed by atoms with Crippen LogP contribution in [0, 0.1) is 5.92 Å². The van der Waals surface area contributed by atoms with E-state index in [9.17, 15) is 4.79 Å². The van der Waals surface area contributed by atoms with Crippen molar-refractivity contribution in [2.24, 2.45) is 11.7 Å². The van der Waals surface area contributed by atoms with Gasteiger partial charge in [-0.05, 0) is 36.6 Å². The van der Waals surface area contributed by atoms with Crippen LogP contribution in [0.4, 0.5) is 0 Å². The second-order valence-electron chi connectivity index (χ2n) is 4.97. The molecule has 0 atom stereocenters. The number of hydrogen-bond acceptors (Lipinski definition) is 2. The molecule has 1 saturated heterocycles. The number of piperidine rings is 1. The second-order valence-corrected chi connectivity index (χ2v) is 6.28. The first kappa shape index (κ1) is 15.5. The molecule has 1 aromatic rings. The van der Waals surface area contributed by atoms with Crippen molar-refractivity contribution in [2.75, 3.05) is 13.1 Å².